The molecule has 0 spiro atoms. The summed E-state index contributed by atoms with van der Waals surface area (Å²) in [6, 6.07) is 28.5. The highest BCUT2D eigenvalue weighted by atomic mass is 16.5. The molecule has 0 radical (unpaired) electrons. The van der Waals surface area contributed by atoms with Gasteiger partial charge in [0.1, 0.15) is 17.2 Å². The van der Waals surface area contributed by atoms with Crippen molar-refractivity contribution in [3.63, 3.8) is 0 Å². The first kappa shape index (κ1) is 38.5. The van der Waals surface area contributed by atoms with E-state index in [2.05, 4.69) is 99.6 Å². The summed E-state index contributed by atoms with van der Waals surface area (Å²) < 4.78 is 20.3. The number of unbranched alkanes of at least 4 members (excludes halogenated alkanes) is 15. The van der Waals surface area contributed by atoms with Gasteiger partial charge in [0, 0.05) is 32.7 Å². The number of hydrogen-bond acceptors (Lipinski definition) is 3. The van der Waals surface area contributed by atoms with Gasteiger partial charge in [0.25, 0.3) is 0 Å². The summed E-state index contributed by atoms with van der Waals surface area (Å²) in [7, 11) is 0. The lowest BCUT2D eigenvalue weighted by molar-refractivity contribution is 0.302. The lowest BCUT2D eigenvalue weighted by Crippen LogP contribution is -2.04. The topological polar surface area (TPSA) is 27.7 Å². The van der Waals surface area contributed by atoms with Crippen LogP contribution in [0.5, 0.6) is 17.2 Å². The first-order valence-electron chi connectivity index (χ1n) is 20.7. The number of hydrogen-bond donors (Lipinski definition) is 0. The van der Waals surface area contributed by atoms with E-state index in [9.17, 15) is 0 Å². The second-order valence-electron chi connectivity index (χ2n) is 14.4. The smallest absolute Gasteiger partial charge is 0.135 e. The van der Waals surface area contributed by atoms with E-state index in [1.807, 2.05) is 0 Å². The van der Waals surface area contributed by atoms with Gasteiger partial charge in [-0.15, -0.1) is 0 Å². The fourth-order valence-electron chi connectivity index (χ4n) is 7.49. The minimum absolute atomic E-state index is 0.705. The van der Waals surface area contributed by atoms with Gasteiger partial charge in [0.15, 0.2) is 0 Å². The van der Waals surface area contributed by atoms with E-state index in [-0.39, 0.29) is 0 Å². The number of benzene rings is 5. The van der Waals surface area contributed by atoms with Crippen molar-refractivity contribution in [3.8, 4) is 28.4 Å². The molecule has 0 heterocycles. The van der Waals surface area contributed by atoms with Gasteiger partial charge >= 0.3 is 0 Å². The molecule has 0 unspecified atom stereocenters. The molecule has 0 aromatic heterocycles. The Balaban J connectivity index is 1.55. The first-order valence-corrected chi connectivity index (χ1v) is 20.7. The second-order valence-corrected chi connectivity index (χ2v) is 14.4. The van der Waals surface area contributed by atoms with E-state index < -0.39 is 0 Å². The van der Waals surface area contributed by atoms with Crippen LogP contribution < -0.4 is 14.2 Å². The zero-order valence-corrected chi connectivity index (χ0v) is 32.1. The molecule has 0 bridgehead atoms. The van der Waals surface area contributed by atoms with Crippen molar-refractivity contribution in [3.05, 3.63) is 78.9 Å². The average Bonchev–Trinajstić information content (AvgIpc) is 3.17. The molecule has 0 aliphatic carbocycles. The van der Waals surface area contributed by atoms with Gasteiger partial charge in [-0.2, -0.15) is 0 Å². The Hall–Kier alpha value is -3.72. The predicted molar refractivity (Wildman–Crippen MR) is 221 cm³/mol. The Morgan fingerprint density at radius 3 is 1.18 bits per heavy atom. The van der Waals surface area contributed by atoms with Gasteiger partial charge in [-0.1, -0.05) is 190 Å². The second kappa shape index (κ2) is 21.6. The third-order valence-corrected chi connectivity index (χ3v) is 10.4. The highest BCUT2D eigenvalue weighted by molar-refractivity contribution is 6.19. The van der Waals surface area contributed by atoms with E-state index in [0.29, 0.717) is 6.61 Å². The molecule has 3 nitrogen and oxygen atoms in total. The molecule has 0 saturated carbocycles. The maximum atomic E-state index is 6.91. The summed E-state index contributed by atoms with van der Waals surface area (Å²) in [5.41, 5.74) is 2.30. The summed E-state index contributed by atoms with van der Waals surface area (Å²) in [6.45, 7) is 8.99. The summed E-state index contributed by atoms with van der Waals surface area (Å²) in [6.07, 6.45) is 22.4. The average molecular weight is 689 g/mol. The molecule has 5 rings (SSSR count). The standard InChI is InChI=1S/C48H64O3/c1-4-7-10-13-16-25-34-49-45-37-44(48(41-31-22-19-28-38(41)45)51-36-27-18-15-12-9-6-3)46-39-29-20-23-32-42(39)47(43-33-24-21-30-40(43)46)50-35-26-17-14-11-8-5-2/h19-24,28-33,37H,4-18,25-27,34-36H2,1-3H3. The summed E-state index contributed by atoms with van der Waals surface area (Å²) in [5, 5.41) is 6.93. The summed E-state index contributed by atoms with van der Waals surface area (Å²) in [5.74, 6) is 2.90. The maximum absolute atomic E-state index is 6.91. The number of ether oxygens (including phenoxy) is 3. The van der Waals surface area contributed by atoms with Crippen molar-refractivity contribution in [2.45, 2.75) is 136 Å². The van der Waals surface area contributed by atoms with Crippen molar-refractivity contribution < 1.29 is 14.2 Å². The molecule has 0 atom stereocenters. The van der Waals surface area contributed by atoms with Crippen molar-refractivity contribution in [1.82, 2.24) is 0 Å². The Kier molecular flexibility index (Phi) is 16.3. The molecule has 0 amide bonds. The van der Waals surface area contributed by atoms with Crippen molar-refractivity contribution in [1.29, 1.82) is 0 Å². The molecule has 5 aromatic carbocycles. The van der Waals surface area contributed by atoms with Crippen molar-refractivity contribution >= 4 is 32.3 Å². The minimum Gasteiger partial charge on any atom is -0.493 e. The van der Waals surface area contributed by atoms with Gasteiger partial charge in [0.05, 0.1) is 19.8 Å². The normalized spacial score (nSPS) is 11.5. The van der Waals surface area contributed by atoms with E-state index in [0.717, 1.165) is 76.8 Å². The SMILES string of the molecule is CCCCCCCCOc1cc(-c2c3ccccc3c(OCCCCCCCC)c3ccccc23)c(OCCCCCCCC)c2ccccc12. The number of rotatable bonds is 25. The van der Waals surface area contributed by atoms with Crippen molar-refractivity contribution in [2.24, 2.45) is 0 Å². The minimum atomic E-state index is 0.705. The van der Waals surface area contributed by atoms with Crippen LogP contribution in [-0.4, -0.2) is 19.8 Å². The highest BCUT2D eigenvalue weighted by Crippen LogP contribution is 2.49. The molecule has 0 fully saturated rings. The van der Waals surface area contributed by atoms with Crippen LogP contribution in [0.3, 0.4) is 0 Å². The van der Waals surface area contributed by atoms with Gasteiger partial charge in [-0.05, 0) is 36.1 Å². The Morgan fingerprint density at radius 1 is 0.353 bits per heavy atom. The Bertz CT molecular complexity index is 1700. The molecular formula is C48H64O3. The monoisotopic (exact) mass is 688 g/mol. The van der Waals surface area contributed by atoms with Crippen molar-refractivity contribution in [2.75, 3.05) is 19.8 Å². The number of fused-ring (bicyclic) bond motifs is 3. The molecule has 51 heavy (non-hydrogen) atoms. The molecule has 3 heteroatoms. The van der Waals surface area contributed by atoms with Gasteiger partial charge in [-0.3, -0.25) is 0 Å². The van der Waals surface area contributed by atoms with Crippen LogP contribution >= 0.6 is 0 Å². The van der Waals surface area contributed by atoms with Crippen LogP contribution in [0.25, 0.3) is 43.4 Å². The summed E-state index contributed by atoms with van der Waals surface area (Å²) >= 11 is 0. The third kappa shape index (κ3) is 10.7. The summed E-state index contributed by atoms with van der Waals surface area (Å²) in [4.78, 5) is 0. The van der Waals surface area contributed by atoms with E-state index >= 15 is 0 Å². The predicted octanol–water partition coefficient (Wildman–Crippen LogP) is 15.0. The van der Waals surface area contributed by atoms with Crippen LogP contribution in [0, 0.1) is 0 Å². The van der Waals surface area contributed by atoms with Gasteiger partial charge in [-0.25, -0.2) is 0 Å². The van der Waals surface area contributed by atoms with E-state index in [1.165, 1.54) is 113 Å². The molecule has 274 valence electrons. The molecule has 0 aliphatic heterocycles. The van der Waals surface area contributed by atoms with Crippen LogP contribution in [0.4, 0.5) is 0 Å². The zero-order valence-electron chi connectivity index (χ0n) is 32.1. The quantitative estimate of drug-likeness (QED) is 0.0451. The van der Waals surface area contributed by atoms with Crippen LogP contribution in [0.15, 0.2) is 78.9 Å². The molecule has 5 aromatic rings. The molecule has 0 N–H and O–H groups in total. The highest BCUT2D eigenvalue weighted by Gasteiger charge is 2.22. The zero-order chi connectivity index (χ0) is 35.5. The lowest BCUT2D eigenvalue weighted by atomic mass is 9.89. The maximum Gasteiger partial charge on any atom is 0.135 e. The fourth-order valence-corrected chi connectivity index (χ4v) is 7.49. The molecular weight excluding hydrogens is 625 g/mol. The van der Waals surface area contributed by atoms with E-state index in [4.69, 9.17) is 14.2 Å². The van der Waals surface area contributed by atoms with Gasteiger partial charge < -0.3 is 14.2 Å². The fraction of sp³-hybridized carbons (Fsp3) is 0.500. The largest absolute Gasteiger partial charge is 0.493 e. The third-order valence-electron chi connectivity index (χ3n) is 10.4. The van der Waals surface area contributed by atoms with Crippen LogP contribution in [0.1, 0.15) is 136 Å². The Morgan fingerprint density at radius 2 is 0.706 bits per heavy atom. The van der Waals surface area contributed by atoms with E-state index in [1.54, 1.807) is 0 Å². The lowest BCUT2D eigenvalue weighted by Gasteiger charge is -2.22. The molecule has 0 aliphatic rings. The van der Waals surface area contributed by atoms with Crippen LogP contribution in [-0.2, 0) is 0 Å². The Labute approximate surface area is 309 Å². The first-order chi connectivity index (χ1) is 25.3. The van der Waals surface area contributed by atoms with Crippen LogP contribution in [0.2, 0.25) is 0 Å². The molecule has 0 saturated heterocycles. The van der Waals surface area contributed by atoms with Gasteiger partial charge in [0.2, 0.25) is 0 Å².